The Bertz CT molecular complexity index is 543. The van der Waals surface area contributed by atoms with E-state index in [1.165, 1.54) is 22.0 Å². The van der Waals surface area contributed by atoms with E-state index in [1.807, 2.05) is 0 Å². The van der Waals surface area contributed by atoms with E-state index in [-0.39, 0.29) is 6.61 Å². The maximum absolute atomic E-state index is 8.99. The second-order valence-electron chi connectivity index (χ2n) is 5.39. The van der Waals surface area contributed by atoms with E-state index >= 15 is 0 Å². The Kier molecular flexibility index (Phi) is 4.61. The van der Waals surface area contributed by atoms with Crippen LogP contribution in [-0.4, -0.2) is 22.8 Å². The molecule has 0 aliphatic carbocycles. The number of rotatable bonds is 6. The summed E-state index contributed by atoms with van der Waals surface area (Å²) in [6.07, 6.45) is 3.89. The maximum atomic E-state index is 8.99. The number of nitrogens with two attached hydrogens (primary N) is 1. The molecule has 0 saturated carbocycles. The number of aryl methyl sites for hydroxylation is 1. The Labute approximate surface area is 115 Å². The lowest BCUT2D eigenvalue weighted by molar-refractivity contribution is 0.280. The average Bonchev–Trinajstić information content (AvgIpc) is 2.74. The second-order valence-corrected chi connectivity index (χ2v) is 5.39. The fraction of sp³-hybridized carbons (Fsp3) is 0.500. The van der Waals surface area contributed by atoms with Crippen molar-refractivity contribution in [3.05, 3.63) is 35.5 Å². The average molecular weight is 260 g/mol. The van der Waals surface area contributed by atoms with Crippen LogP contribution < -0.4 is 5.73 Å². The van der Waals surface area contributed by atoms with E-state index < -0.39 is 0 Å². The van der Waals surface area contributed by atoms with Crippen LogP contribution in [0.2, 0.25) is 0 Å². The molecule has 2 rings (SSSR count). The Morgan fingerprint density at radius 1 is 1.32 bits per heavy atom. The Morgan fingerprint density at radius 2 is 2.11 bits per heavy atom. The molecule has 2 aromatic rings. The molecule has 0 unspecified atom stereocenters. The van der Waals surface area contributed by atoms with E-state index in [9.17, 15) is 0 Å². The summed E-state index contributed by atoms with van der Waals surface area (Å²) in [6, 6.07) is 6.69. The quantitative estimate of drug-likeness (QED) is 0.839. The van der Waals surface area contributed by atoms with Gasteiger partial charge in [-0.25, -0.2) is 0 Å². The smallest absolute Gasteiger partial charge is 0.0483 e. The fourth-order valence-corrected chi connectivity index (χ4v) is 2.53. The van der Waals surface area contributed by atoms with Crippen LogP contribution in [0.4, 0.5) is 0 Å². The summed E-state index contributed by atoms with van der Waals surface area (Å²) in [5, 5.41) is 10.3. The van der Waals surface area contributed by atoms with Crippen LogP contribution >= 0.6 is 0 Å². The van der Waals surface area contributed by atoms with Crippen molar-refractivity contribution in [2.45, 2.75) is 39.2 Å². The molecule has 0 bridgehead atoms. The van der Waals surface area contributed by atoms with Crippen molar-refractivity contribution < 1.29 is 5.11 Å². The van der Waals surface area contributed by atoms with Crippen LogP contribution in [0.3, 0.4) is 0 Å². The van der Waals surface area contributed by atoms with E-state index in [2.05, 4.69) is 42.8 Å². The normalized spacial score (nSPS) is 11.6. The first-order valence-corrected chi connectivity index (χ1v) is 7.10. The maximum Gasteiger partial charge on any atom is 0.0483 e. The zero-order chi connectivity index (χ0) is 13.8. The predicted molar refractivity (Wildman–Crippen MR) is 80.5 cm³/mol. The van der Waals surface area contributed by atoms with Gasteiger partial charge in [0.25, 0.3) is 0 Å². The number of aromatic nitrogens is 1. The van der Waals surface area contributed by atoms with E-state index in [0.29, 0.717) is 12.5 Å². The molecule has 3 N–H and O–H groups in total. The van der Waals surface area contributed by atoms with Gasteiger partial charge in [-0.2, -0.15) is 0 Å². The zero-order valence-corrected chi connectivity index (χ0v) is 11.9. The van der Waals surface area contributed by atoms with Gasteiger partial charge >= 0.3 is 0 Å². The summed E-state index contributed by atoms with van der Waals surface area (Å²) >= 11 is 0. The van der Waals surface area contributed by atoms with Gasteiger partial charge < -0.3 is 15.4 Å². The third-order valence-corrected chi connectivity index (χ3v) is 3.63. The Balaban J connectivity index is 2.47. The minimum Gasteiger partial charge on any atom is -0.396 e. The molecule has 0 aliphatic heterocycles. The van der Waals surface area contributed by atoms with Crippen molar-refractivity contribution in [3.63, 3.8) is 0 Å². The van der Waals surface area contributed by atoms with E-state index in [4.69, 9.17) is 10.8 Å². The molecule has 0 atom stereocenters. The molecule has 1 aromatic heterocycles. The van der Waals surface area contributed by atoms with E-state index in [1.54, 1.807) is 0 Å². The summed E-state index contributed by atoms with van der Waals surface area (Å²) in [5.41, 5.74) is 9.64. The molecule has 0 radical (unpaired) electrons. The van der Waals surface area contributed by atoms with Gasteiger partial charge in [0.05, 0.1) is 0 Å². The van der Waals surface area contributed by atoms with Gasteiger partial charge in [-0.05, 0) is 48.6 Å². The molecule has 0 amide bonds. The molecule has 19 heavy (non-hydrogen) atoms. The van der Waals surface area contributed by atoms with Crippen molar-refractivity contribution >= 4 is 10.9 Å². The van der Waals surface area contributed by atoms with E-state index in [0.717, 1.165) is 19.4 Å². The summed E-state index contributed by atoms with van der Waals surface area (Å²) in [7, 11) is 0. The highest BCUT2D eigenvalue weighted by Crippen LogP contribution is 2.26. The van der Waals surface area contributed by atoms with Crippen LogP contribution in [0.5, 0.6) is 0 Å². The largest absolute Gasteiger partial charge is 0.396 e. The SMILES string of the molecule is CC(C)c1ccc2c(c1)c(CCN)cn2CCCO. The number of hydrogen-bond donors (Lipinski definition) is 2. The first-order valence-electron chi connectivity index (χ1n) is 7.10. The minimum absolute atomic E-state index is 0.232. The third kappa shape index (κ3) is 2.99. The summed E-state index contributed by atoms with van der Waals surface area (Å²) in [5.74, 6) is 0.538. The van der Waals surface area contributed by atoms with Crippen LogP contribution in [0.25, 0.3) is 10.9 Å². The zero-order valence-electron chi connectivity index (χ0n) is 11.9. The molecule has 1 heterocycles. The molecule has 0 saturated heterocycles. The molecular weight excluding hydrogens is 236 g/mol. The van der Waals surface area contributed by atoms with Gasteiger partial charge in [-0.1, -0.05) is 19.9 Å². The monoisotopic (exact) mass is 260 g/mol. The second kappa shape index (κ2) is 6.22. The Morgan fingerprint density at radius 3 is 2.74 bits per heavy atom. The van der Waals surface area contributed by atoms with Crippen LogP contribution in [0, 0.1) is 0 Å². The van der Waals surface area contributed by atoms with Crippen molar-refractivity contribution in [2.75, 3.05) is 13.2 Å². The van der Waals surface area contributed by atoms with Crippen molar-refractivity contribution in [1.29, 1.82) is 0 Å². The lowest BCUT2D eigenvalue weighted by atomic mass is 10.00. The molecule has 0 aliphatic rings. The molecule has 0 spiro atoms. The lowest BCUT2D eigenvalue weighted by Crippen LogP contribution is -2.02. The molecular formula is C16H24N2O. The number of nitrogens with zero attached hydrogens (tertiary/aromatic N) is 1. The standard InChI is InChI=1S/C16H24N2O/c1-12(2)13-4-5-16-15(10-13)14(6-7-17)11-18(16)8-3-9-19/h4-5,10-12,19H,3,6-9,17H2,1-2H3. The van der Waals surface area contributed by atoms with Gasteiger partial charge in [0.15, 0.2) is 0 Å². The summed E-state index contributed by atoms with van der Waals surface area (Å²) in [4.78, 5) is 0. The first kappa shape index (κ1) is 14.1. The minimum atomic E-state index is 0.232. The predicted octanol–water partition coefficient (Wildman–Crippen LogP) is 2.65. The molecule has 3 nitrogen and oxygen atoms in total. The van der Waals surface area contributed by atoms with Gasteiger partial charge in [-0.15, -0.1) is 0 Å². The van der Waals surface area contributed by atoms with Gasteiger partial charge in [0.1, 0.15) is 0 Å². The van der Waals surface area contributed by atoms with Gasteiger partial charge in [-0.3, -0.25) is 0 Å². The van der Waals surface area contributed by atoms with Crippen molar-refractivity contribution in [3.8, 4) is 0 Å². The molecule has 1 aromatic carbocycles. The van der Waals surface area contributed by atoms with Gasteiger partial charge in [0, 0.05) is 30.3 Å². The molecule has 104 valence electrons. The highest BCUT2D eigenvalue weighted by Gasteiger charge is 2.10. The number of aliphatic hydroxyl groups is 1. The molecule has 0 fully saturated rings. The van der Waals surface area contributed by atoms with Crippen LogP contribution in [0.15, 0.2) is 24.4 Å². The number of benzene rings is 1. The number of hydrogen-bond acceptors (Lipinski definition) is 2. The highest BCUT2D eigenvalue weighted by atomic mass is 16.3. The van der Waals surface area contributed by atoms with Crippen LogP contribution in [0.1, 0.15) is 37.3 Å². The summed E-state index contributed by atoms with van der Waals surface area (Å²) < 4.78 is 2.24. The topological polar surface area (TPSA) is 51.2 Å². The van der Waals surface area contributed by atoms with Gasteiger partial charge in [0.2, 0.25) is 0 Å². The van der Waals surface area contributed by atoms with Crippen molar-refractivity contribution in [1.82, 2.24) is 4.57 Å². The third-order valence-electron chi connectivity index (χ3n) is 3.63. The first-order chi connectivity index (χ1) is 9.17. The lowest BCUT2D eigenvalue weighted by Gasteiger charge is -2.07. The van der Waals surface area contributed by atoms with Crippen molar-refractivity contribution in [2.24, 2.45) is 5.73 Å². The number of fused-ring (bicyclic) bond motifs is 1. The van der Waals surface area contributed by atoms with Crippen LogP contribution in [-0.2, 0) is 13.0 Å². The highest BCUT2D eigenvalue weighted by molar-refractivity contribution is 5.85. The Hall–Kier alpha value is -1.32. The fourth-order valence-electron chi connectivity index (χ4n) is 2.53. The summed E-state index contributed by atoms with van der Waals surface area (Å²) in [6.45, 7) is 6.19. The number of aliphatic hydroxyl groups excluding tert-OH is 1. The molecule has 3 heteroatoms.